The molecule has 2 aromatic rings. The topological polar surface area (TPSA) is 59.3 Å². The first-order chi connectivity index (χ1) is 11.4. The van der Waals surface area contributed by atoms with E-state index in [4.69, 9.17) is 4.74 Å². The van der Waals surface area contributed by atoms with Crippen LogP contribution in [0.3, 0.4) is 0 Å². The number of hydrogen-bond acceptors (Lipinski definition) is 6. The van der Waals surface area contributed by atoms with Crippen molar-refractivity contribution in [1.82, 2.24) is 25.1 Å². The quantitative estimate of drug-likeness (QED) is 0.838. The standard InChI is InChI=1S/C16H22N6O/c1-2-5-14(6-3-1)22-16(17-18-19-22)21-10-8-20(9-11-21)13-15-7-4-12-23-15/h1-3,5-6,15H,4,7-13H2/t15-/m0/s1. The summed E-state index contributed by atoms with van der Waals surface area (Å²) in [5.41, 5.74) is 0.995. The van der Waals surface area contributed by atoms with Gasteiger partial charge in [-0.05, 0) is 35.4 Å². The molecule has 2 aliphatic heterocycles. The molecule has 0 aliphatic carbocycles. The molecule has 1 atom stereocenters. The molecule has 0 bridgehead atoms. The highest BCUT2D eigenvalue weighted by Gasteiger charge is 2.25. The minimum atomic E-state index is 0.427. The minimum absolute atomic E-state index is 0.427. The molecule has 7 heteroatoms. The molecule has 4 rings (SSSR count). The fourth-order valence-corrected chi connectivity index (χ4v) is 3.32. The van der Waals surface area contributed by atoms with E-state index in [0.29, 0.717) is 6.10 Å². The van der Waals surface area contributed by atoms with E-state index >= 15 is 0 Å². The third-order valence-electron chi connectivity index (χ3n) is 4.59. The maximum absolute atomic E-state index is 5.74. The Balaban J connectivity index is 1.40. The van der Waals surface area contributed by atoms with E-state index in [2.05, 4.69) is 25.3 Å². The Morgan fingerprint density at radius 3 is 2.65 bits per heavy atom. The van der Waals surface area contributed by atoms with E-state index in [1.807, 2.05) is 35.0 Å². The van der Waals surface area contributed by atoms with Crippen molar-refractivity contribution in [3.05, 3.63) is 30.3 Å². The van der Waals surface area contributed by atoms with Crippen LogP contribution < -0.4 is 4.90 Å². The number of para-hydroxylation sites is 1. The van der Waals surface area contributed by atoms with E-state index in [1.165, 1.54) is 12.8 Å². The summed E-state index contributed by atoms with van der Waals surface area (Å²) in [5.74, 6) is 0.827. The number of anilines is 1. The lowest BCUT2D eigenvalue weighted by Crippen LogP contribution is -2.49. The van der Waals surface area contributed by atoms with E-state index in [9.17, 15) is 0 Å². The van der Waals surface area contributed by atoms with Gasteiger partial charge in [-0.2, -0.15) is 4.68 Å². The van der Waals surface area contributed by atoms with Crippen molar-refractivity contribution in [2.24, 2.45) is 0 Å². The van der Waals surface area contributed by atoms with Crippen molar-refractivity contribution < 1.29 is 4.74 Å². The number of rotatable bonds is 4. The van der Waals surface area contributed by atoms with Crippen LogP contribution in [0.15, 0.2) is 30.3 Å². The number of benzene rings is 1. The molecule has 1 aromatic carbocycles. The van der Waals surface area contributed by atoms with Crippen LogP contribution in [-0.2, 0) is 4.74 Å². The van der Waals surface area contributed by atoms with Crippen molar-refractivity contribution in [3.63, 3.8) is 0 Å². The lowest BCUT2D eigenvalue weighted by atomic mass is 10.2. The SMILES string of the molecule is c1ccc(-n2nnnc2N2CCN(C[C@@H]3CCCO3)CC2)cc1. The van der Waals surface area contributed by atoms with E-state index < -0.39 is 0 Å². The maximum Gasteiger partial charge on any atom is 0.250 e. The fraction of sp³-hybridized carbons (Fsp3) is 0.562. The molecule has 7 nitrogen and oxygen atoms in total. The van der Waals surface area contributed by atoms with Crippen LogP contribution in [0.25, 0.3) is 5.69 Å². The fourth-order valence-electron chi connectivity index (χ4n) is 3.32. The number of nitrogens with zero attached hydrogens (tertiary/aromatic N) is 6. The Bertz CT molecular complexity index is 617. The zero-order valence-electron chi connectivity index (χ0n) is 13.2. The molecule has 0 saturated carbocycles. The molecule has 2 saturated heterocycles. The molecular weight excluding hydrogens is 292 g/mol. The Morgan fingerprint density at radius 1 is 1.09 bits per heavy atom. The summed E-state index contributed by atoms with van der Waals surface area (Å²) in [6.45, 7) is 5.93. The lowest BCUT2D eigenvalue weighted by Gasteiger charge is -2.35. The molecular formula is C16H22N6O. The lowest BCUT2D eigenvalue weighted by molar-refractivity contribution is 0.0711. The summed E-state index contributed by atoms with van der Waals surface area (Å²) < 4.78 is 7.56. The van der Waals surface area contributed by atoms with E-state index in [-0.39, 0.29) is 0 Å². The van der Waals surface area contributed by atoms with Crippen LogP contribution in [0.5, 0.6) is 0 Å². The zero-order chi connectivity index (χ0) is 15.5. The van der Waals surface area contributed by atoms with Crippen molar-refractivity contribution in [2.75, 3.05) is 44.2 Å². The average Bonchev–Trinajstić information content (AvgIpc) is 3.28. The number of piperazine rings is 1. The van der Waals surface area contributed by atoms with Crippen LogP contribution in [-0.4, -0.2) is 70.5 Å². The molecule has 0 radical (unpaired) electrons. The van der Waals surface area contributed by atoms with Crippen molar-refractivity contribution in [3.8, 4) is 5.69 Å². The van der Waals surface area contributed by atoms with Crippen LogP contribution in [0.4, 0.5) is 5.95 Å². The smallest absolute Gasteiger partial charge is 0.250 e. The summed E-state index contributed by atoms with van der Waals surface area (Å²) in [4.78, 5) is 4.75. The van der Waals surface area contributed by atoms with Gasteiger partial charge in [-0.1, -0.05) is 23.3 Å². The van der Waals surface area contributed by atoms with Gasteiger partial charge in [0.2, 0.25) is 5.95 Å². The predicted octanol–water partition coefficient (Wildman–Crippen LogP) is 0.963. The summed E-state index contributed by atoms with van der Waals surface area (Å²) >= 11 is 0. The van der Waals surface area contributed by atoms with Gasteiger partial charge in [0.25, 0.3) is 0 Å². The number of ether oxygens (including phenoxy) is 1. The number of aromatic nitrogens is 4. The highest BCUT2D eigenvalue weighted by Crippen LogP contribution is 2.18. The highest BCUT2D eigenvalue weighted by molar-refractivity contribution is 5.40. The van der Waals surface area contributed by atoms with Gasteiger partial charge >= 0.3 is 0 Å². The number of hydrogen-bond donors (Lipinski definition) is 0. The minimum Gasteiger partial charge on any atom is -0.377 e. The Morgan fingerprint density at radius 2 is 1.91 bits per heavy atom. The first-order valence-corrected chi connectivity index (χ1v) is 8.33. The Labute approximate surface area is 135 Å². The zero-order valence-corrected chi connectivity index (χ0v) is 13.2. The second-order valence-corrected chi connectivity index (χ2v) is 6.15. The molecule has 0 spiro atoms. The van der Waals surface area contributed by atoms with Gasteiger partial charge in [0.05, 0.1) is 11.8 Å². The monoisotopic (exact) mass is 314 g/mol. The van der Waals surface area contributed by atoms with Crippen LogP contribution >= 0.6 is 0 Å². The molecule has 0 amide bonds. The molecule has 2 fully saturated rings. The predicted molar refractivity (Wildman–Crippen MR) is 86.8 cm³/mol. The van der Waals surface area contributed by atoms with Gasteiger partial charge in [0, 0.05) is 39.3 Å². The first-order valence-electron chi connectivity index (χ1n) is 8.33. The maximum atomic E-state index is 5.74. The second kappa shape index (κ2) is 6.64. The Hall–Kier alpha value is -1.99. The Kier molecular flexibility index (Phi) is 4.21. The van der Waals surface area contributed by atoms with Crippen LogP contribution in [0.2, 0.25) is 0 Å². The van der Waals surface area contributed by atoms with Crippen molar-refractivity contribution in [2.45, 2.75) is 18.9 Å². The van der Waals surface area contributed by atoms with Crippen LogP contribution in [0, 0.1) is 0 Å². The summed E-state index contributed by atoms with van der Waals surface area (Å²) in [6, 6.07) is 10.0. The molecule has 0 N–H and O–H groups in total. The molecule has 2 aliphatic rings. The van der Waals surface area contributed by atoms with Gasteiger partial charge in [0.1, 0.15) is 0 Å². The van der Waals surface area contributed by atoms with Gasteiger partial charge in [0.15, 0.2) is 0 Å². The molecule has 122 valence electrons. The van der Waals surface area contributed by atoms with Gasteiger partial charge in [-0.3, -0.25) is 4.90 Å². The molecule has 1 aromatic heterocycles. The van der Waals surface area contributed by atoms with Crippen molar-refractivity contribution >= 4 is 5.95 Å². The van der Waals surface area contributed by atoms with Gasteiger partial charge in [-0.15, -0.1) is 0 Å². The largest absolute Gasteiger partial charge is 0.377 e. The highest BCUT2D eigenvalue weighted by atomic mass is 16.5. The van der Waals surface area contributed by atoms with Crippen molar-refractivity contribution in [1.29, 1.82) is 0 Å². The molecule has 23 heavy (non-hydrogen) atoms. The molecule has 0 unspecified atom stereocenters. The summed E-state index contributed by atoms with van der Waals surface area (Å²) in [5, 5.41) is 12.2. The van der Waals surface area contributed by atoms with E-state index in [0.717, 1.165) is 51.0 Å². The number of tetrazole rings is 1. The summed E-state index contributed by atoms with van der Waals surface area (Å²) in [7, 11) is 0. The normalized spacial score (nSPS) is 22.6. The third kappa shape index (κ3) is 3.20. The second-order valence-electron chi connectivity index (χ2n) is 6.15. The molecule has 3 heterocycles. The van der Waals surface area contributed by atoms with Crippen LogP contribution in [0.1, 0.15) is 12.8 Å². The van der Waals surface area contributed by atoms with E-state index in [1.54, 1.807) is 0 Å². The van der Waals surface area contributed by atoms with Gasteiger partial charge in [-0.25, -0.2) is 0 Å². The van der Waals surface area contributed by atoms with Gasteiger partial charge < -0.3 is 9.64 Å². The first kappa shape index (κ1) is 14.6. The third-order valence-corrected chi connectivity index (χ3v) is 4.59. The average molecular weight is 314 g/mol. The summed E-state index contributed by atoms with van der Waals surface area (Å²) in [6.07, 6.45) is 2.83.